The molecule has 1 aromatic heterocycles. The van der Waals surface area contributed by atoms with Crippen LogP contribution in [0.1, 0.15) is 20.3 Å². The highest BCUT2D eigenvalue weighted by Gasteiger charge is 2.21. The van der Waals surface area contributed by atoms with Crippen molar-refractivity contribution in [3.8, 4) is 0 Å². The van der Waals surface area contributed by atoms with Gasteiger partial charge in [0.25, 0.3) is 0 Å². The van der Waals surface area contributed by atoms with Crippen molar-refractivity contribution in [2.75, 3.05) is 26.2 Å². The van der Waals surface area contributed by atoms with Gasteiger partial charge in [-0.1, -0.05) is 0 Å². The number of aromatic nitrogens is 2. The van der Waals surface area contributed by atoms with E-state index in [4.69, 9.17) is 4.74 Å². The number of ether oxygens (including phenoxy) is 1. The maximum Gasteiger partial charge on any atom is 0.389 e. The Morgan fingerprint density at radius 1 is 1.48 bits per heavy atom. The molecule has 0 aliphatic carbocycles. The second-order valence-corrected chi connectivity index (χ2v) is 5.85. The first-order chi connectivity index (χ1) is 10.9. The van der Waals surface area contributed by atoms with Crippen LogP contribution >= 0.6 is 0 Å². The fourth-order valence-corrected chi connectivity index (χ4v) is 2.74. The van der Waals surface area contributed by atoms with Gasteiger partial charge in [0, 0.05) is 26.2 Å². The van der Waals surface area contributed by atoms with Crippen LogP contribution in [0.4, 0.5) is 5.82 Å². The highest BCUT2D eigenvalue weighted by molar-refractivity contribution is 5.75. The summed E-state index contributed by atoms with van der Waals surface area (Å²) in [4.78, 5) is 24.0. The van der Waals surface area contributed by atoms with E-state index in [0.717, 1.165) is 26.1 Å². The largest absolute Gasteiger partial charge is 0.389 e. The van der Waals surface area contributed by atoms with Gasteiger partial charge in [0.15, 0.2) is 0 Å². The summed E-state index contributed by atoms with van der Waals surface area (Å²) in [6.07, 6.45) is 2.76. The molecule has 1 fully saturated rings. The molecule has 1 amide bonds. The monoisotopic (exact) mass is 325 g/mol. The SMILES string of the molecule is CC1CN(CCCNC(=O)Cn2ccc([N+](=O)[O-])n2)CC(C)O1. The summed E-state index contributed by atoms with van der Waals surface area (Å²) >= 11 is 0. The van der Waals surface area contributed by atoms with Gasteiger partial charge in [-0.2, -0.15) is 4.68 Å². The Morgan fingerprint density at radius 3 is 2.78 bits per heavy atom. The molecule has 1 saturated heterocycles. The molecule has 23 heavy (non-hydrogen) atoms. The van der Waals surface area contributed by atoms with Crippen LogP contribution in [0.5, 0.6) is 0 Å². The quantitative estimate of drug-likeness (QED) is 0.442. The number of amides is 1. The van der Waals surface area contributed by atoms with Crippen molar-refractivity contribution in [3.63, 3.8) is 0 Å². The van der Waals surface area contributed by atoms with Crippen molar-refractivity contribution in [1.82, 2.24) is 20.0 Å². The van der Waals surface area contributed by atoms with Gasteiger partial charge in [-0.3, -0.25) is 9.69 Å². The molecule has 2 unspecified atom stereocenters. The molecule has 0 radical (unpaired) electrons. The third-order valence-corrected chi connectivity index (χ3v) is 3.59. The van der Waals surface area contributed by atoms with E-state index in [0.29, 0.717) is 6.54 Å². The minimum absolute atomic E-state index is 0.0144. The van der Waals surface area contributed by atoms with Crippen LogP contribution in [0.3, 0.4) is 0 Å². The Balaban J connectivity index is 1.63. The minimum Gasteiger partial charge on any atom is -0.373 e. The lowest BCUT2D eigenvalue weighted by atomic mass is 10.2. The zero-order valence-corrected chi connectivity index (χ0v) is 13.5. The molecular weight excluding hydrogens is 302 g/mol. The average Bonchev–Trinajstić information content (AvgIpc) is 2.91. The topological polar surface area (TPSA) is 103 Å². The van der Waals surface area contributed by atoms with Crippen molar-refractivity contribution in [3.05, 3.63) is 22.4 Å². The lowest BCUT2D eigenvalue weighted by molar-refractivity contribution is -0.389. The number of carbonyl (C=O) groups is 1. The molecular formula is C14H23N5O4. The number of nitrogens with zero attached hydrogens (tertiary/aromatic N) is 4. The summed E-state index contributed by atoms with van der Waals surface area (Å²) in [5, 5.41) is 17.0. The van der Waals surface area contributed by atoms with E-state index in [1.165, 1.54) is 16.9 Å². The van der Waals surface area contributed by atoms with Gasteiger partial charge < -0.3 is 20.2 Å². The molecule has 0 saturated carbocycles. The third kappa shape index (κ3) is 5.61. The normalized spacial score (nSPS) is 22.0. The first kappa shape index (κ1) is 17.4. The standard InChI is InChI=1S/C14H23N5O4/c1-11-8-17(9-12(2)23-11)6-3-5-15-14(20)10-18-7-4-13(16-18)19(21)22/h4,7,11-12H,3,5-6,8-10H2,1-2H3,(H,15,20). The van der Waals surface area contributed by atoms with Crippen molar-refractivity contribution >= 4 is 11.7 Å². The molecule has 1 aromatic rings. The van der Waals surface area contributed by atoms with E-state index in [1.807, 2.05) is 0 Å². The molecule has 0 bridgehead atoms. The number of hydrogen-bond donors (Lipinski definition) is 1. The molecule has 1 aliphatic heterocycles. The first-order valence-corrected chi connectivity index (χ1v) is 7.76. The van der Waals surface area contributed by atoms with Gasteiger partial charge in [0.1, 0.15) is 6.54 Å². The molecule has 0 aromatic carbocycles. The van der Waals surface area contributed by atoms with E-state index in [1.54, 1.807) is 0 Å². The summed E-state index contributed by atoms with van der Waals surface area (Å²) in [6, 6.07) is 1.27. The average molecular weight is 325 g/mol. The van der Waals surface area contributed by atoms with Crippen LogP contribution in [-0.4, -0.2) is 63.9 Å². The Hall–Kier alpha value is -2.00. The molecule has 9 nitrogen and oxygen atoms in total. The fraction of sp³-hybridized carbons (Fsp3) is 0.714. The van der Waals surface area contributed by atoms with Crippen molar-refractivity contribution < 1.29 is 14.5 Å². The van der Waals surface area contributed by atoms with Crippen LogP contribution in [0.15, 0.2) is 12.3 Å². The zero-order chi connectivity index (χ0) is 16.8. The molecule has 2 atom stereocenters. The minimum atomic E-state index is -0.585. The molecule has 1 N–H and O–H groups in total. The number of rotatable bonds is 7. The maximum atomic E-state index is 11.8. The summed E-state index contributed by atoms with van der Waals surface area (Å²) in [5.41, 5.74) is 0. The Labute approximate surface area is 134 Å². The van der Waals surface area contributed by atoms with E-state index in [2.05, 4.69) is 29.2 Å². The van der Waals surface area contributed by atoms with Crippen LogP contribution in [0.2, 0.25) is 0 Å². The Bertz CT molecular complexity index is 537. The number of carbonyl (C=O) groups excluding carboxylic acids is 1. The highest BCUT2D eigenvalue weighted by atomic mass is 16.6. The lowest BCUT2D eigenvalue weighted by Gasteiger charge is -2.35. The third-order valence-electron chi connectivity index (χ3n) is 3.59. The molecule has 0 spiro atoms. The van der Waals surface area contributed by atoms with Gasteiger partial charge in [-0.05, 0) is 25.2 Å². The van der Waals surface area contributed by atoms with Gasteiger partial charge >= 0.3 is 5.82 Å². The van der Waals surface area contributed by atoms with Gasteiger partial charge in [-0.15, -0.1) is 0 Å². The molecule has 9 heteroatoms. The second kappa shape index (κ2) is 8.02. The van der Waals surface area contributed by atoms with Crippen LogP contribution in [0, 0.1) is 10.1 Å². The van der Waals surface area contributed by atoms with Gasteiger partial charge in [0.2, 0.25) is 5.91 Å². The number of morpholine rings is 1. The molecule has 128 valence electrons. The number of hydrogen-bond acceptors (Lipinski definition) is 6. The Kier molecular flexibility index (Phi) is 6.05. The van der Waals surface area contributed by atoms with Crippen LogP contribution in [-0.2, 0) is 16.1 Å². The van der Waals surface area contributed by atoms with E-state index >= 15 is 0 Å². The van der Waals surface area contributed by atoms with E-state index in [-0.39, 0.29) is 30.5 Å². The van der Waals surface area contributed by atoms with Crippen LogP contribution in [0.25, 0.3) is 0 Å². The number of nitro groups is 1. The maximum absolute atomic E-state index is 11.8. The summed E-state index contributed by atoms with van der Waals surface area (Å²) in [6.45, 7) is 7.42. The lowest BCUT2D eigenvalue weighted by Crippen LogP contribution is -2.46. The van der Waals surface area contributed by atoms with Crippen molar-refractivity contribution in [1.29, 1.82) is 0 Å². The smallest absolute Gasteiger partial charge is 0.373 e. The fourth-order valence-electron chi connectivity index (χ4n) is 2.74. The van der Waals surface area contributed by atoms with Gasteiger partial charge in [-0.25, -0.2) is 0 Å². The summed E-state index contributed by atoms with van der Waals surface area (Å²) in [5.74, 6) is -0.458. The summed E-state index contributed by atoms with van der Waals surface area (Å²) in [7, 11) is 0. The molecule has 2 heterocycles. The summed E-state index contributed by atoms with van der Waals surface area (Å²) < 4.78 is 6.94. The van der Waals surface area contributed by atoms with Crippen molar-refractivity contribution in [2.45, 2.75) is 39.0 Å². The van der Waals surface area contributed by atoms with E-state index in [9.17, 15) is 14.9 Å². The Morgan fingerprint density at radius 2 is 2.17 bits per heavy atom. The zero-order valence-electron chi connectivity index (χ0n) is 13.5. The molecule has 1 aliphatic rings. The first-order valence-electron chi connectivity index (χ1n) is 7.76. The second-order valence-electron chi connectivity index (χ2n) is 5.85. The van der Waals surface area contributed by atoms with Crippen LogP contribution < -0.4 is 5.32 Å². The molecule has 2 rings (SSSR count). The van der Waals surface area contributed by atoms with Gasteiger partial charge in [0.05, 0.1) is 29.6 Å². The predicted molar refractivity (Wildman–Crippen MR) is 83.0 cm³/mol. The van der Waals surface area contributed by atoms with Crippen molar-refractivity contribution in [2.24, 2.45) is 0 Å². The van der Waals surface area contributed by atoms with E-state index < -0.39 is 4.92 Å². The number of nitrogens with one attached hydrogen (secondary N) is 1. The highest BCUT2D eigenvalue weighted by Crippen LogP contribution is 2.10. The predicted octanol–water partition coefficient (Wildman–Crippen LogP) is 0.407.